The van der Waals surface area contributed by atoms with Gasteiger partial charge in [0.2, 0.25) is 0 Å². The second kappa shape index (κ2) is 8.14. The highest BCUT2D eigenvalue weighted by Gasteiger charge is 2.21. The van der Waals surface area contributed by atoms with Crippen molar-refractivity contribution in [2.75, 3.05) is 34.8 Å². The Morgan fingerprint density at radius 2 is 1.71 bits per heavy atom. The lowest BCUT2D eigenvalue weighted by atomic mass is 10.1. The van der Waals surface area contributed by atoms with Gasteiger partial charge in [0.05, 0.1) is 0 Å². The zero-order valence-corrected chi connectivity index (χ0v) is 17.2. The van der Waals surface area contributed by atoms with Gasteiger partial charge >= 0.3 is 6.03 Å². The second-order valence-electron chi connectivity index (χ2n) is 7.88. The normalized spacial score (nSPS) is 15.0. The summed E-state index contributed by atoms with van der Waals surface area (Å²) in [5.74, 6) is -0.168. The first-order valence-corrected chi connectivity index (χ1v) is 10.6. The van der Waals surface area contributed by atoms with Gasteiger partial charge in [0, 0.05) is 48.8 Å². The molecule has 0 radical (unpaired) electrons. The summed E-state index contributed by atoms with van der Waals surface area (Å²) < 4.78 is 0. The number of urea groups is 1. The zero-order chi connectivity index (χ0) is 21.2. The third-order valence-electron chi connectivity index (χ3n) is 5.87. The van der Waals surface area contributed by atoms with Crippen LogP contribution in [0.3, 0.4) is 0 Å². The predicted octanol–water partition coefficient (Wildman–Crippen LogP) is 4.03. The molecule has 0 aliphatic carbocycles. The number of benzene rings is 3. The van der Waals surface area contributed by atoms with Crippen molar-refractivity contribution < 1.29 is 9.59 Å². The topological polar surface area (TPSA) is 64.7 Å². The van der Waals surface area contributed by atoms with Gasteiger partial charge in [0.25, 0.3) is 5.91 Å². The van der Waals surface area contributed by atoms with Crippen molar-refractivity contribution >= 4 is 29.0 Å². The molecule has 3 amide bonds. The van der Waals surface area contributed by atoms with E-state index >= 15 is 0 Å². The Morgan fingerprint density at radius 1 is 0.935 bits per heavy atom. The number of carbonyl (C=O) groups is 2. The Morgan fingerprint density at radius 3 is 2.45 bits per heavy atom. The third kappa shape index (κ3) is 3.97. The molecule has 0 spiro atoms. The van der Waals surface area contributed by atoms with E-state index in [9.17, 15) is 9.59 Å². The van der Waals surface area contributed by atoms with Gasteiger partial charge in [-0.2, -0.15) is 0 Å². The second-order valence-corrected chi connectivity index (χ2v) is 7.88. The summed E-state index contributed by atoms with van der Waals surface area (Å²) in [6.07, 6.45) is 1.09. The third-order valence-corrected chi connectivity index (χ3v) is 5.87. The highest BCUT2D eigenvalue weighted by Crippen LogP contribution is 2.29. The fraction of sp³-hybridized carbons (Fsp3) is 0.200. The number of amides is 3. The number of para-hydroxylation sites is 1. The predicted molar refractivity (Wildman–Crippen MR) is 123 cm³/mol. The maximum Gasteiger partial charge on any atom is 0.321 e. The molecule has 1 saturated heterocycles. The molecular weight excluding hydrogens is 388 g/mol. The minimum absolute atomic E-state index is 0.102. The van der Waals surface area contributed by atoms with Crippen LogP contribution in [0.5, 0.6) is 0 Å². The molecule has 3 aromatic rings. The first-order chi connectivity index (χ1) is 15.2. The van der Waals surface area contributed by atoms with Gasteiger partial charge in [-0.25, -0.2) is 4.79 Å². The van der Waals surface area contributed by atoms with Crippen LogP contribution in [0.1, 0.15) is 21.5 Å². The lowest BCUT2D eigenvalue weighted by molar-refractivity contribution is 0.102. The van der Waals surface area contributed by atoms with Gasteiger partial charge in [-0.3, -0.25) is 9.69 Å². The number of nitrogens with zero attached hydrogens (tertiary/aromatic N) is 2. The SMILES string of the molecule is O=C(Nc1ccc(CN2CCc3ccccc32)cc1)c1ccc(N2CCNC2=O)cc1. The van der Waals surface area contributed by atoms with Crippen LogP contribution in [-0.2, 0) is 13.0 Å². The number of fused-ring (bicyclic) bond motifs is 1. The van der Waals surface area contributed by atoms with E-state index < -0.39 is 0 Å². The highest BCUT2D eigenvalue weighted by molar-refractivity contribution is 6.04. The first kappa shape index (κ1) is 19.2. The summed E-state index contributed by atoms with van der Waals surface area (Å²) in [7, 11) is 0. The standard InChI is InChI=1S/C25H24N4O2/c30-24(20-7-11-22(12-8-20)29-16-14-26-25(29)31)27-21-9-5-18(6-10-21)17-28-15-13-19-3-1-2-4-23(19)28/h1-12H,13-17H2,(H,26,31)(H,27,30). The molecule has 2 aliphatic rings. The smallest absolute Gasteiger partial charge is 0.321 e. The van der Waals surface area contributed by atoms with Gasteiger partial charge < -0.3 is 15.5 Å². The number of anilines is 3. The Balaban J connectivity index is 1.21. The maximum absolute atomic E-state index is 12.6. The van der Waals surface area contributed by atoms with Crippen LogP contribution in [0, 0.1) is 0 Å². The zero-order valence-electron chi connectivity index (χ0n) is 17.2. The Kier molecular flexibility index (Phi) is 5.04. The highest BCUT2D eigenvalue weighted by atomic mass is 16.2. The summed E-state index contributed by atoms with van der Waals surface area (Å²) in [5.41, 5.74) is 6.04. The van der Waals surface area contributed by atoms with E-state index in [0.29, 0.717) is 18.7 Å². The molecule has 0 unspecified atom stereocenters. The number of hydrogen-bond donors (Lipinski definition) is 2. The van der Waals surface area contributed by atoms with Crippen LogP contribution >= 0.6 is 0 Å². The fourth-order valence-corrected chi connectivity index (χ4v) is 4.20. The van der Waals surface area contributed by atoms with Gasteiger partial charge in [-0.15, -0.1) is 0 Å². The van der Waals surface area contributed by atoms with E-state index in [4.69, 9.17) is 0 Å². The van der Waals surface area contributed by atoms with E-state index in [-0.39, 0.29) is 11.9 Å². The summed E-state index contributed by atoms with van der Waals surface area (Å²) in [6, 6.07) is 23.6. The average Bonchev–Trinajstić information content (AvgIpc) is 3.41. The Hall–Kier alpha value is -3.80. The molecule has 2 heterocycles. The average molecular weight is 412 g/mol. The molecule has 3 aromatic carbocycles. The fourth-order valence-electron chi connectivity index (χ4n) is 4.20. The van der Waals surface area contributed by atoms with E-state index in [1.165, 1.54) is 16.8 Å². The van der Waals surface area contributed by atoms with E-state index in [2.05, 4.69) is 51.9 Å². The number of nitrogens with one attached hydrogen (secondary N) is 2. The lowest BCUT2D eigenvalue weighted by Crippen LogP contribution is -2.27. The van der Waals surface area contributed by atoms with E-state index in [1.54, 1.807) is 29.2 Å². The van der Waals surface area contributed by atoms with Crippen molar-refractivity contribution in [3.8, 4) is 0 Å². The molecule has 31 heavy (non-hydrogen) atoms. The van der Waals surface area contributed by atoms with Crippen molar-refractivity contribution in [2.24, 2.45) is 0 Å². The Bertz CT molecular complexity index is 1110. The lowest BCUT2D eigenvalue weighted by Gasteiger charge is -2.19. The van der Waals surface area contributed by atoms with Crippen molar-refractivity contribution in [1.29, 1.82) is 0 Å². The van der Waals surface area contributed by atoms with Gasteiger partial charge in [-0.1, -0.05) is 30.3 Å². The molecule has 0 atom stereocenters. The van der Waals surface area contributed by atoms with Gasteiger partial charge in [0.1, 0.15) is 0 Å². The maximum atomic E-state index is 12.6. The van der Waals surface area contributed by atoms with Crippen LogP contribution in [-0.4, -0.2) is 31.6 Å². The minimum atomic E-state index is -0.168. The van der Waals surface area contributed by atoms with Crippen molar-refractivity contribution in [3.63, 3.8) is 0 Å². The molecule has 6 heteroatoms. The summed E-state index contributed by atoms with van der Waals surface area (Å²) >= 11 is 0. The van der Waals surface area contributed by atoms with Gasteiger partial charge in [-0.05, 0) is 60.0 Å². The van der Waals surface area contributed by atoms with Crippen molar-refractivity contribution in [2.45, 2.75) is 13.0 Å². The summed E-state index contributed by atoms with van der Waals surface area (Å²) in [4.78, 5) is 28.4. The molecule has 6 nitrogen and oxygen atoms in total. The number of hydrogen-bond acceptors (Lipinski definition) is 3. The van der Waals surface area contributed by atoms with Crippen molar-refractivity contribution in [3.05, 3.63) is 89.5 Å². The molecule has 2 N–H and O–H groups in total. The molecular formula is C25H24N4O2. The monoisotopic (exact) mass is 412 g/mol. The van der Waals surface area contributed by atoms with Crippen LogP contribution in [0.4, 0.5) is 21.9 Å². The molecule has 0 bridgehead atoms. The molecule has 2 aliphatic heterocycles. The summed E-state index contributed by atoms with van der Waals surface area (Å²) in [5, 5.41) is 5.72. The van der Waals surface area contributed by atoms with Crippen LogP contribution in [0.2, 0.25) is 0 Å². The minimum Gasteiger partial charge on any atom is -0.367 e. The van der Waals surface area contributed by atoms with Crippen LogP contribution in [0.25, 0.3) is 0 Å². The Labute approximate surface area is 181 Å². The molecule has 0 saturated carbocycles. The van der Waals surface area contributed by atoms with E-state index in [0.717, 1.165) is 30.9 Å². The number of carbonyl (C=O) groups excluding carboxylic acids is 2. The number of rotatable bonds is 5. The molecule has 1 fully saturated rings. The first-order valence-electron chi connectivity index (χ1n) is 10.6. The van der Waals surface area contributed by atoms with Crippen molar-refractivity contribution in [1.82, 2.24) is 5.32 Å². The molecule has 5 rings (SSSR count). The molecule has 156 valence electrons. The molecule has 0 aromatic heterocycles. The van der Waals surface area contributed by atoms with E-state index in [1.807, 2.05) is 12.1 Å². The quantitative estimate of drug-likeness (QED) is 0.665. The van der Waals surface area contributed by atoms with Crippen LogP contribution in [0.15, 0.2) is 72.8 Å². The van der Waals surface area contributed by atoms with Gasteiger partial charge in [0.15, 0.2) is 0 Å². The largest absolute Gasteiger partial charge is 0.367 e. The summed E-state index contributed by atoms with van der Waals surface area (Å²) in [6.45, 7) is 3.17. The van der Waals surface area contributed by atoms with Crippen LogP contribution < -0.4 is 20.4 Å².